The lowest BCUT2D eigenvalue weighted by molar-refractivity contribution is 0.444. The summed E-state index contributed by atoms with van der Waals surface area (Å²) in [5.74, 6) is 1.31. The average Bonchev–Trinajstić information content (AvgIpc) is 2.81. The third kappa shape index (κ3) is 4.25. The Labute approximate surface area is 121 Å². The number of aryl methyl sites for hydroxylation is 1. The number of rotatable bonds is 8. The standard InChI is InChI=1S/C15H27N3S/c1-18-15-9-7-8-14(13(15)12-17-18)16-10-5-3-4-6-11-19-2/h12,14,16H,3-11H2,1-2H3. The molecular weight excluding hydrogens is 254 g/mol. The zero-order valence-corrected chi connectivity index (χ0v) is 13.1. The van der Waals surface area contributed by atoms with Gasteiger partial charge in [-0.15, -0.1) is 0 Å². The van der Waals surface area contributed by atoms with Crippen molar-refractivity contribution in [3.05, 3.63) is 17.5 Å². The SMILES string of the molecule is CSCCCCCCNC1CCCc2c1cnn2C. The molecule has 0 spiro atoms. The van der Waals surface area contributed by atoms with Gasteiger partial charge in [-0.3, -0.25) is 4.68 Å². The van der Waals surface area contributed by atoms with Gasteiger partial charge in [-0.25, -0.2) is 0 Å². The number of nitrogens with zero attached hydrogens (tertiary/aromatic N) is 2. The lowest BCUT2D eigenvalue weighted by Gasteiger charge is -2.23. The molecule has 0 amide bonds. The first-order chi connectivity index (χ1) is 9.33. The summed E-state index contributed by atoms with van der Waals surface area (Å²) in [6, 6.07) is 0.545. The maximum atomic E-state index is 4.40. The van der Waals surface area contributed by atoms with Crippen molar-refractivity contribution >= 4 is 11.8 Å². The van der Waals surface area contributed by atoms with E-state index < -0.39 is 0 Å². The fourth-order valence-electron chi connectivity index (χ4n) is 2.92. The highest BCUT2D eigenvalue weighted by Crippen LogP contribution is 2.28. The van der Waals surface area contributed by atoms with Crippen molar-refractivity contribution in [2.24, 2.45) is 7.05 Å². The molecule has 0 bridgehead atoms. The highest BCUT2D eigenvalue weighted by atomic mass is 32.2. The first kappa shape index (κ1) is 14.9. The van der Waals surface area contributed by atoms with Gasteiger partial charge < -0.3 is 5.32 Å². The van der Waals surface area contributed by atoms with Crippen molar-refractivity contribution in [2.75, 3.05) is 18.6 Å². The minimum absolute atomic E-state index is 0.545. The zero-order chi connectivity index (χ0) is 13.5. The number of hydrogen-bond acceptors (Lipinski definition) is 3. The van der Waals surface area contributed by atoms with Gasteiger partial charge in [0.1, 0.15) is 0 Å². The van der Waals surface area contributed by atoms with Gasteiger partial charge in [0.15, 0.2) is 0 Å². The Hall–Kier alpha value is -0.480. The Morgan fingerprint density at radius 3 is 3.05 bits per heavy atom. The Bertz CT molecular complexity index is 375. The third-order valence-corrected chi connectivity index (χ3v) is 4.74. The summed E-state index contributed by atoms with van der Waals surface area (Å²) in [5.41, 5.74) is 2.87. The van der Waals surface area contributed by atoms with E-state index in [0.29, 0.717) is 6.04 Å². The summed E-state index contributed by atoms with van der Waals surface area (Å²) in [7, 11) is 2.06. The number of hydrogen-bond donors (Lipinski definition) is 1. The molecule has 1 unspecified atom stereocenters. The Kier molecular flexibility index (Phi) is 6.24. The van der Waals surface area contributed by atoms with Gasteiger partial charge in [0.05, 0.1) is 6.20 Å². The number of fused-ring (bicyclic) bond motifs is 1. The van der Waals surface area contributed by atoms with E-state index in [1.807, 2.05) is 16.4 Å². The smallest absolute Gasteiger partial charge is 0.0540 e. The highest BCUT2D eigenvalue weighted by Gasteiger charge is 2.22. The molecule has 1 N–H and O–H groups in total. The summed E-state index contributed by atoms with van der Waals surface area (Å²) in [4.78, 5) is 0. The molecule has 4 heteroatoms. The van der Waals surface area contributed by atoms with Gasteiger partial charge in [-0.1, -0.05) is 12.8 Å². The van der Waals surface area contributed by atoms with Gasteiger partial charge in [0, 0.05) is 24.3 Å². The topological polar surface area (TPSA) is 29.9 Å². The molecule has 1 aliphatic carbocycles. The molecule has 0 aliphatic heterocycles. The molecular formula is C15H27N3S. The van der Waals surface area contributed by atoms with Gasteiger partial charge in [-0.05, 0) is 50.7 Å². The van der Waals surface area contributed by atoms with E-state index in [2.05, 4.69) is 29.9 Å². The maximum absolute atomic E-state index is 4.40. The van der Waals surface area contributed by atoms with Crippen LogP contribution in [0, 0.1) is 0 Å². The van der Waals surface area contributed by atoms with Crippen molar-refractivity contribution in [3.63, 3.8) is 0 Å². The minimum atomic E-state index is 0.545. The molecule has 0 fully saturated rings. The molecule has 0 saturated heterocycles. The molecule has 1 atom stereocenters. The van der Waals surface area contributed by atoms with Crippen LogP contribution in [0.1, 0.15) is 55.8 Å². The lowest BCUT2D eigenvalue weighted by Crippen LogP contribution is -2.26. The molecule has 19 heavy (non-hydrogen) atoms. The summed E-state index contributed by atoms with van der Waals surface area (Å²) >= 11 is 1.96. The van der Waals surface area contributed by atoms with E-state index in [4.69, 9.17) is 0 Å². The van der Waals surface area contributed by atoms with Crippen LogP contribution >= 0.6 is 11.8 Å². The number of unbranched alkanes of at least 4 members (excludes halogenated alkanes) is 3. The summed E-state index contributed by atoms with van der Waals surface area (Å²) in [6.07, 6.45) is 13.4. The summed E-state index contributed by atoms with van der Waals surface area (Å²) in [6.45, 7) is 1.15. The molecule has 1 heterocycles. The van der Waals surface area contributed by atoms with Crippen LogP contribution in [0.5, 0.6) is 0 Å². The number of thioether (sulfide) groups is 1. The maximum Gasteiger partial charge on any atom is 0.0540 e. The largest absolute Gasteiger partial charge is 0.310 e. The van der Waals surface area contributed by atoms with Gasteiger partial charge in [0.2, 0.25) is 0 Å². The Morgan fingerprint density at radius 1 is 1.37 bits per heavy atom. The quantitative estimate of drug-likeness (QED) is 0.741. The Morgan fingerprint density at radius 2 is 2.21 bits per heavy atom. The van der Waals surface area contributed by atoms with Crippen LogP contribution in [0.3, 0.4) is 0 Å². The van der Waals surface area contributed by atoms with E-state index in [0.717, 1.165) is 6.54 Å². The van der Waals surface area contributed by atoms with Gasteiger partial charge >= 0.3 is 0 Å². The van der Waals surface area contributed by atoms with Crippen molar-refractivity contribution in [1.29, 1.82) is 0 Å². The molecule has 0 radical (unpaired) electrons. The van der Waals surface area contributed by atoms with E-state index >= 15 is 0 Å². The first-order valence-electron chi connectivity index (χ1n) is 7.56. The normalized spacial score (nSPS) is 18.5. The van der Waals surface area contributed by atoms with Crippen LogP contribution < -0.4 is 5.32 Å². The molecule has 1 aromatic rings. The molecule has 1 aromatic heterocycles. The van der Waals surface area contributed by atoms with E-state index in [1.54, 1.807) is 0 Å². The van der Waals surface area contributed by atoms with E-state index in [1.165, 1.54) is 62.0 Å². The van der Waals surface area contributed by atoms with Crippen molar-refractivity contribution < 1.29 is 0 Å². The lowest BCUT2D eigenvalue weighted by atomic mass is 9.93. The summed E-state index contributed by atoms with van der Waals surface area (Å²) < 4.78 is 2.05. The Balaban J connectivity index is 1.67. The van der Waals surface area contributed by atoms with E-state index in [9.17, 15) is 0 Å². The van der Waals surface area contributed by atoms with Crippen LogP contribution in [0.15, 0.2) is 6.20 Å². The zero-order valence-electron chi connectivity index (χ0n) is 12.3. The predicted molar refractivity (Wildman–Crippen MR) is 83.7 cm³/mol. The number of aromatic nitrogens is 2. The van der Waals surface area contributed by atoms with Gasteiger partial charge in [-0.2, -0.15) is 16.9 Å². The molecule has 0 aromatic carbocycles. The van der Waals surface area contributed by atoms with Crippen molar-refractivity contribution in [3.8, 4) is 0 Å². The van der Waals surface area contributed by atoms with Gasteiger partial charge in [0.25, 0.3) is 0 Å². The van der Waals surface area contributed by atoms with Crippen LogP contribution in [0.2, 0.25) is 0 Å². The molecule has 2 rings (SSSR count). The van der Waals surface area contributed by atoms with Crippen LogP contribution in [0.4, 0.5) is 0 Å². The third-order valence-electron chi connectivity index (χ3n) is 4.04. The molecule has 0 saturated carbocycles. The highest BCUT2D eigenvalue weighted by molar-refractivity contribution is 7.98. The fourth-order valence-corrected chi connectivity index (χ4v) is 3.41. The second-order valence-corrected chi connectivity index (χ2v) is 6.46. The molecule has 1 aliphatic rings. The van der Waals surface area contributed by atoms with Crippen molar-refractivity contribution in [2.45, 2.75) is 51.0 Å². The van der Waals surface area contributed by atoms with E-state index in [-0.39, 0.29) is 0 Å². The van der Waals surface area contributed by atoms with Crippen LogP contribution in [-0.2, 0) is 13.5 Å². The predicted octanol–water partition coefficient (Wildman–Crippen LogP) is 3.31. The second-order valence-electron chi connectivity index (χ2n) is 5.48. The van der Waals surface area contributed by atoms with Crippen molar-refractivity contribution in [1.82, 2.24) is 15.1 Å². The van der Waals surface area contributed by atoms with Crippen LogP contribution in [-0.4, -0.2) is 28.3 Å². The first-order valence-corrected chi connectivity index (χ1v) is 8.95. The minimum Gasteiger partial charge on any atom is -0.310 e. The fraction of sp³-hybridized carbons (Fsp3) is 0.800. The molecule has 3 nitrogen and oxygen atoms in total. The monoisotopic (exact) mass is 281 g/mol. The molecule has 108 valence electrons. The second kappa shape index (κ2) is 7.95. The number of nitrogens with one attached hydrogen (secondary N) is 1. The van der Waals surface area contributed by atoms with Crippen LogP contribution in [0.25, 0.3) is 0 Å². The average molecular weight is 281 g/mol. The summed E-state index contributed by atoms with van der Waals surface area (Å²) in [5, 5.41) is 8.12.